The third-order valence-corrected chi connectivity index (χ3v) is 5.75. The summed E-state index contributed by atoms with van der Waals surface area (Å²) in [7, 11) is 1.61. The summed E-state index contributed by atoms with van der Waals surface area (Å²) >= 11 is 1.30. The fraction of sp³-hybridized carbons (Fsp3) is 0.333. The normalized spacial score (nSPS) is 11.8. The summed E-state index contributed by atoms with van der Waals surface area (Å²) in [6, 6.07) is 14.3. The summed E-state index contributed by atoms with van der Waals surface area (Å²) in [5.74, 6) is 1.96. The summed E-state index contributed by atoms with van der Waals surface area (Å²) in [6.07, 6.45) is -0.357. The van der Waals surface area contributed by atoms with Crippen LogP contribution < -0.4 is 14.8 Å². The quantitative estimate of drug-likeness (QED) is 0.332. The third kappa shape index (κ3) is 6.35. The van der Waals surface area contributed by atoms with Gasteiger partial charge in [0.1, 0.15) is 11.5 Å². The van der Waals surface area contributed by atoms with Crippen LogP contribution >= 0.6 is 11.8 Å². The Morgan fingerprint density at radius 1 is 1.06 bits per heavy atom. The van der Waals surface area contributed by atoms with Crippen molar-refractivity contribution in [2.75, 3.05) is 18.2 Å². The van der Waals surface area contributed by atoms with E-state index in [9.17, 15) is 9.59 Å². The molecule has 33 heavy (non-hydrogen) atoms. The Bertz CT molecular complexity index is 1130. The van der Waals surface area contributed by atoms with Crippen molar-refractivity contribution < 1.29 is 19.1 Å². The van der Waals surface area contributed by atoms with E-state index in [-0.39, 0.29) is 29.6 Å². The van der Waals surface area contributed by atoms with E-state index in [1.165, 1.54) is 18.7 Å². The monoisotopic (exact) mass is 468 g/mol. The Morgan fingerprint density at radius 2 is 1.79 bits per heavy atom. The maximum absolute atomic E-state index is 12.5. The standard InChI is InChI=1S/C24H28N4O4S/c1-15(2)28-23(17(4)32-21-11-7-10-20(13-21)31-5)26-27-24(28)33-14-22(30)25-19-9-6-8-18(12-19)16(3)29/h6-13,15,17H,14H2,1-5H3,(H,25,30). The van der Waals surface area contributed by atoms with E-state index in [0.29, 0.717) is 33.7 Å². The van der Waals surface area contributed by atoms with Crippen molar-refractivity contribution in [1.82, 2.24) is 14.8 Å². The van der Waals surface area contributed by atoms with Crippen LogP contribution in [0.3, 0.4) is 0 Å². The number of aromatic nitrogens is 3. The highest BCUT2D eigenvalue weighted by atomic mass is 32.2. The highest BCUT2D eigenvalue weighted by Crippen LogP contribution is 2.29. The number of benzene rings is 2. The molecule has 174 valence electrons. The van der Waals surface area contributed by atoms with Gasteiger partial charge in [-0.3, -0.25) is 9.59 Å². The van der Waals surface area contributed by atoms with Gasteiger partial charge in [0.2, 0.25) is 5.91 Å². The lowest BCUT2D eigenvalue weighted by Crippen LogP contribution is -2.16. The van der Waals surface area contributed by atoms with Gasteiger partial charge in [0.05, 0.1) is 12.9 Å². The van der Waals surface area contributed by atoms with Gasteiger partial charge in [-0.15, -0.1) is 10.2 Å². The lowest BCUT2D eigenvalue weighted by atomic mass is 10.1. The number of anilines is 1. The summed E-state index contributed by atoms with van der Waals surface area (Å²) < 4.78 is 13.3. The molecule has 1 amide bonds. The minimum absolute atomic E-state index is 0.0525. The number of carbonyl (C=O) groups excluding carboxylic acids is 2. The number of carbonyl (C=O) groups is 2. The van der Waals surface area contributed by atoms with Crippen LogP contribution in [0, 0.1) is 0 Å². The second kappa shape index (κ2) is 11.0. The van der Waals surface area contributed by atoms with Gasteiger partial charge in [0, 0.05) is 23.4 Å². The first-order valence-corrected chi connectivity index (χ1v) is 11.6. The zero-order chi connectivity index (χ0) is 24.0. The molecule has 0 spiro atoms. The predicted molar refractivity (Wildman–Crippen MR) is 128 cm³/mol. The van der Waals surface area contributed by atoms with E-state index in [2.05, 4.69) is 15.5 Å². The van der Waals surface area contributed by atoms with Crippen LogP contribution in [0.25, 0.3) is 0 Å². The van der Waals surface area contributed by atoms with Crippen LogP contribution in [0.2, 0.25) is 0 Å². The average Bonchev–Trinajstić information content (AvgIpc) is 3.22. The molecule has 3 rings (SSSR count). The van der Waals surface area contributed by atoms with Crippen molar-refractivity contribution in [2.24, 2.45) is 0 Å². The summed E-state index contributed by atoms with van der Waals surface area (Å²) in [4.78, 5) is 24.0. The fourth-order valence-corrected chi connectivity index (χ4v) is 4.10. The van der Waals surface area contributed by atoms with E-state index >= 15 is 0 Å². The zero-order valence-electron chi connectivity index (χ0n) is 19.4. The number of thioether (sulfide) groups is 1. The zero-order valence-corrected chi connectivity index (χ0v) is 20.2. The molecule has 1 N–H and O–H groups in total. The first-order chi connectivity index (χ1) is 15.8. The number of nitrogens with zero attached hydrogens (tertiary/aromatic N) is 3. The summed E-state index contributed by atoms with van der Waals surface area (Å²) in [6.45, 7) is 7.46. The van der Waals surface area contributed by atoms with Crippen LogP contribution in [0.1, 0.15) is 56.0 Å². The number of ether oxygens (including phenoxy) is 2. The number of amides is 1. The molecule has 8 nitrogen and oxygen atoms in total. The number of Topliss-reactive ketones (excluding diaryl/α,β-unsaturated/α-hetero) is 1. The molecule has 0 fully saturated rings. The molecule has 0 aliphatic rings. The van der Waals surface area contributed by atoms with Crippen molar-refractivity contribution in [2.45, 2.75) is 45.0 Å². The van der Waals surface area contributed by atoms with Crippen LogP contribution in [0.5, 0.6) is 11.5 Å². The predicted octanol–water partition coefficient (Wildman–Crippen LogP) is 4.94. The molecule has 0 bridgehead atoms. The lowest BCUT2D eigenvalue weighted by Gasteiger charge is -2.19. The molecule has 0 saturated heterocycles. The third-order valence-electron chi connectivity index (χ3n) is 4.81. The van der Waals surface area contributed by atoms with Gasteiger partial charge in [-0.25, -0.2) is 0 Å². The minimum Gasteiger partial charge on any atom is -0.497 e. The molecule has 0 aliphatic heterocycles. The molecule has 1 unspecified atom stereocenters. The van der Waals surface area contributed by atoms with Crippen molar-refractivity contribution in [3.8, 4) is 11.5 Å². The van der Waals surface area contributed by atoms with Gasteiger partial charge in [0.15, 0.2) is 22.9 Å². The highest BCUT2D eigenvalue weighted by molar-refractivity contribution is 7.99. The number of hydrogen-bond acceptors (Lipinski definition) is 7. The van der Waals surface area contributed by atoms with Gasteiger partial charge in [-0.2, -0.15) is 0 Å². The van der Waals surface area contributed by atoms with Crippen LogP contribution in [-0.4, -0.2) is 39.3 Å². The topological polar surface area (TPSA) is 95.3 Å². The maximum atomic E-state index is 12.5. The van der Waals surface area contributed by atoms with Crippen molar-refractivity contribution in [3.63, 3.8) is 0 Å². The molecule has 0 aliphatic carbocycles. The van der Waals surface area contributed by atoms with Gasteiger partial charge in [-0.05, 0) is 52.0 Å². The van der Waals surface area contributed by atoms with Gasteiger partial charge in [-0.1, -0.05) is 30.0 Å². The number of ketones is 1. The van der Waals surface area contributed by atoms with E-state index in [1.807, 2.05) is 49.6 Å². The first kappa shape index (κ1) is 24.3. The van der Waals surface area contributed by atoms with Gasteiger partial charge in [0.25, 0.3) is 0 Å². The van der Waals surface area contributed by atoms with Crippen LogP contribution in [-0.2, 0) is 4.79 Å². The Morgan fingerprint density at radius 3 is 2.48 bits per heavy atom. The van der Waals surface area contributed by atoms with Gasteiger partial charge >= 0.3 is 0 Å². The average molecular weight is 469 g/mol. The van der Waals surface area contributed by atoms with E-state index in [4.69, 9.17) is 9.47 Å². The Kier molecular flexibility index (Phi) is 8.11. The number of hydrogen-bond donors (Lipinski definition) is 1. The number of methoxy groups -OCH3 is 1. The molecule has 0 radical (unpaired) electrons. The number of nitrogens with one attached hydrogen (secondary N) is 1. The molecule has 1 atom stereocenters. The summed E-state index contributed by atoms with van der Waals surface area (Å²) in [5, 5.41) is 12.1. The van der Waals surface area contributed by atoms with Crippen molar-refractivity contribution in [1.29, 1.82) is 0 Å². The van der Waals surface area contributed by atoms with E-state index < -0.39 is 0 Å². The van der Waals surface area contributed by atoms with Crippen LogP contribution in [0.15, 0.2) is 53.7 Å². The maximum Gasteiger partial charge on any atom is 0.234 e. The molecule has 1 heterocycles. The molecular weight excluding hydrogens is 440 g/mol. The second-order valence-corrected chi connectivity index (χ2v) is 8.66. The lowest BCUT2D eigenvalue weighted by molar-refractivity contribution is -0.113. The Balaban J connectivity index is 1.68. The highest BCUT2D eigenvalue weighted by Gasteiger charge is 2.22. The molecule has 0 saturated carbocycles. The molecule has 1 aromatic heterocycles. The van der Waals surface area contributed by atoms with Crippen molar-refractivity contribution in [3.05, 3.63) is 59.9 Å². The Labute approximate surface area is 197 Å². The van der Waals surface area contributed by atoms with Crippen molar-refractivity contribution >= 4 is 29.1 Å². The summed E-state index contributed by atoms with van der Waals surface area (Å²) in [5.41, 5.74) is 1.13. The Hall–Kier alpha value is -3.33. The minimum atomic E-state index is -0.357. The molecule has 2 aromatic carbocycles. The largest absolute Gasteiger partial charge is 0.497 e. The molecule has 9 heteroatoms. The molecular formula is C24H28N4O4S. The van der Waals surface area contributed by atoms with Crippen LogP contribution in [0.4, 0.5) is 5.69 Å². The molecule has 3 aromatic rings. The number of rotatable bonds is 10. The smallest absolute Gasteiger partial charge is 0.234 e. The van der Waals surface area contributed by atoms with E-state index in [0.717, 1.165) is 0 Å². The van der Waals surface area contributed by atoms with Gasteiger partial charge < -0.3 is 19.4 Å². The first-order valence-electron chi connectivity index (χ1n) is 10.6. The second-order valence-electron chi connectivity index (χ2n) is 7.72. The van der Waals surface area contributed by atoms with E-state index in [1.54, 1.807) is 31.4 Å². The SMILES string of the molecule is COc1cccc(OC(C)c2nnc(SCC(=O)Nc3cccc(C(C)=O)c3)n2C(C)C)c1. The fourth-order valence-electron chi connectivity index (χ4n) is 3.22.